The van der Waals surface area contributed by atoms with Gasteiger partial charge in [-0.25, -0.2) is 4.99 Å². The number of guanidine groups is 1. The Morgan fingerprint density at radius 3 is 2.50 bits per heavy atom. The van der Waals surface area contributed by atoms with Gasteiger partial charge in [0.2, 0.25) is 5.91 Å². The van der Waals surface area contributed by atoms with E-state index in [-0.39, 0.29) is 42.3 Å². The van der Waals surface area contributed by atoms with E-state index in [1.54, 1.807) is 17.0 Å². The molecule has 0 aliphatic carbocycles. The van der Waals surface area contributed by atoms with Crippen molar-refractivity contribution in [2.45, 2.75) is 13.5 Å². The lowest BCUT2D eigenvalue weighted by atomic mass is 10.1. The summed E-state index contributed by atoms with van der Waals surface area (Å²) in [5.41, 5.74) is 9.48. The van der Waals surface area contributed by atoms with Crippen molar-refractivity contribution in [1.29, 1.82) is 0 Å². The van der Waals surface area contributed by atoms with Gasteiger partial charge in [-0.3, -0.25) is 9.59 Å². The summed E-state index contributed by atoms with van der Waals surface area (Å²) in [4.78, 5) is 29.7. The van der Waals surface area contributed by atoms with Crippen molar-refractivity contribution >= 4 is 47.4 Å². The molecule has 0 bridgehead atoms. The maximum absolute atomic E-state index is 12.4. The van der Waals surface area contributed by atoms with Crippen molar-refractivity contribution in [3.63, 3.8) is 0 Å². The molecule has 3 rings (SSSR count). The Morgan fingerprint density at radius 2 is 1.86 bits per heavy atom. The molecule has 1 fully saturated rings. The summed E-state index contributed by atoms with van der Waals surface area (Å²) in [5.74, 6) is 0.0656. The van der Waals surface area contributed by atoms with Gasteiger partial charge in [0.05, 0.1) is 13.1 Å². The molecule has 1 heterocycles. The Kier molecular flexibility index (Phi) is 7.80. The second kappa shape index (κ2) is 10.1. The monoisotopic (exact) mass is 493 g/mol. The first kappa shape index (κ1) is 21.7. The molecule has 0 radical (unpaired) electrons. The number of carbonyl (C=O) groups excluding carboxylic acids is 2. The largest absolute Gasteiger partial charge is 0.370 e. The lowest BCUT2D eigenvalue weighted by molar-refractivity contribution is -0.123. The zero-order valence-electron chi connectivity index (χ0n) is 15.6. The number of anilines is 1. The highest BCUT2D eigenvalue weighted by atomic mass is 127. The molecule has 28 heavy (non-hydrogen) atoms. The minimum absolute atomic E-state index is 0. The highest BCUT2D eigenvalue weighted by molar-refractivity contribution is 14.0. The summed E-state index contributed by atoms with van der Waals surface area (Å²) in [6, 6.07) is 15.1. The number of nitrogens with zero attached hydrogens (tertiary/aromatic N) is 2. The van der Waals surface area contributed by atoms with Gasteiger partial charge in [-0.05, 0) is 36.8 Å². The van der Waals surface area contributed by atoms with Crippen molar-refractivity contribution in [3.8, 4) is 0 Å². The molecule has 0 aromatic heterocycles. The van der Waals surface area contributed by atoms with Crippen molar-refractivity contribution in [1.82, 2.24) is 10.2 Å². The molecule has 1 aliphatic rings. The Labute approximate surface area is 181 Å². The first-order chi connectivity index (χ1) is 13.0. The second-order valence-electron chi connectivity index (χ2n) is 6.47. The minimum atomic E-state index is -0.138. The summed E-state index contributed by atoms with van der Waals surface area (Å²) < 4.78 is 0. The van der Waals surface area contributed by atoms with Gasteiger partial charge in [-0.15, -0.1) is 24.0 Å². The predicted octanol–water partition coefficient (Wildman–Crippen LogP) is 2.11. The normalized spacial score (nSPS) is 14.1. The summed E-state index contributed by atoms with van der Waals surface area (Å²) >= 11 is 0. The first-order valence-corrected chi connectivity index (χ1v) is 8.80. The van der Waals surface area contributed by atoms with Crippen LogP contribution < -0.4 is 16.4 Å². The average Bonchev–Trinajstić information content (AvgIpc) is 2.68. The molecule has 1 aliphatic heterocycles. The lowest BCUT2D eigenvalue weighted by Gasteiger charge is -2.26. The fraction of sp³-hybridized carbons (Fsp3) is 0.250. The van der Waals surface area contributed by atoms with E-state index < -0.39 is 0 Å². The van der Waals surface area contributed by atoms with E-state index in [0.29, 0.717) is 31.2 Å². The van der Waals surface area contributed by atoms with Crippen LogP contribution in [-0.2, 0) is 11.3 Å². The van der Waals surface area contributed by atoms with E-state index in [1.165, 1.54) is 5.56 Å². The summed E-state index contributed by atoms with van der Waals surface area (Å²) in [6.45, 7) is 3.55. The number of halogens is 1. The van der Waals surface area contributed by atoms with Gasteiger partial charge in [0.25, 0.3) is 5.91 Å². The Morgan fingerprint density at radius 1 is 1.18 bits per heavy atom. The van der Waals surface area contributed by atoms with Crippen LogP contribution in [0.15, 0.2) is 53.5 Å². The Bertz CT molecular complexity index is 850. The molecule has 0 spiro atoms. The van der Waals surface area contributed by atoms with Gasteiger partial charge in [0, 0.05) is 24.3 Å². The van der Waals surface area contributed by atoms with Gasteiger partial charge >= 0.3 is 0 Å². The van der Waals surface area contributed by atoms with Crippen LogP contribution in [0.2, 0.25) is 0 Å². The number of rotatable bonds is 4. The number of carbonyl (C=O) groups is 2. The highest BCUT2D eigenvalue weighted by Crippen LogP contribution is 2.11. The molecule has 0 saturated carbocycles. The van der Waals surface area contributed by atoms with Crippen LogP contribution in [-0.4, -0.2) is 42.3 Å². The van der Waals surface area contributed by atoms with Crippen molar-refractivity contribution < 1.29 is 9.59 Å². The molecule has 7 nitrogen and oxygen atoms in total. The molecule has 8 heteroatoms. The third kappa shape index (κ3) is 5.95. The maximum atomic E-state index is 12.4. The molecular formula is C20H24IN5O2. The number of nitrogens with two attached hydrogens (primary N) is 1. The molecule has 148 valence electrons. The van der Waals surface area contributed by atoms with E-state index in [4.69, 9.17) is 5.73 Å². The number of hydrogen-bond donors (Lipinski definition) is 3. The first-order valence-electron chi connectivity index (χ1n) is 8.80. The Hall–Kier alpha value is -2.62. The van der Waals surface area contributed by atoms with E-state index in [9.17, 15) is 9.59 Å². The van der Waals surface area contributed by atoms with Crippen LogP contribution in [0.3, 0.4) is 0 Å². The molecule has 2 amide bonds. The van der Waals surface area contributed by atoms with Gasteiger partial charge < -0.3 is 21.3 Å². The summed E-state index contributed by atoms with van der Waals surface area (Å²) in [5, 5.41) is 5.75. The zero-order valence-corrected chi connectivity index (χ0v) is 18.0. The van der Waals surface area contributed by atoms with E-state index in [2.05, 4.69) is 15.6 Å². The lowest BCUT2D eigenvalue weighted by Crippen LogP contribution is -2.49. The molecular weight excluding hydrogens is 469 g/mol. The molecule has 1 saturated heterocycles. The standard InChI is InChI=1S/C20H23N5O2.HI/c1-14-2-8-17(9-3-14)24-20(21)23-12-15-4-6-16(7-5-15)19(27)25-11-10-22-18(26)13-25;/h2-9H,10-13H2,1H3,(H,22,26)(H3,21,23,24);1H. The van der Waals surface area contributed by atoms with Crippen LogP contribution in [0.25, 0.3) is 0 Å². The van der Waals surface area contributed by atoms with Crippen LogP contribution >= 0.6 is 24.0 Å². The predicted molar refractivity (Wildman–Crippen MR) is 121 cm³/mol. The van der Waals surface area contributed by atoms with Crippen molar-refractivity contribution in [2.24, 2.45) is 10.7 Å². The summed E-state index contributed by atoms with van der Waals surface area (Å²) in [7, 11) is 0. The Balaban J connectivity index is 0.00000280. The second-order valence-corrected chi connectivity index (χ2v) is 6.47. The van der Waals surface area contributed by atoms with Gasteiger partial charge in [0.1, 0.15) is 0 Å². The van der Waals surface area contributed by atoms with E-state index >= 15 is 0 Å². The van der Waals surface area contributed by atoms with E-state index in [0.717, 1.165) is 11.3 Å². The van der Waals surface area contributed by atoms with E-state index in [1.807, 2.05) is 43.3 Å². The fourth-order valence-corrected chi connectivity index (χ4v) is 2.75. The number of aryl methyl sites for hydroxylation is 1. The molecule has 0 unspecified atom stereocenters. The van der Waals surface area contributed by atoms with Crippen molar-refractivity contribution in [2.75, 3.05) is 25.0 Å². The molecule has 2 aromatic carbocycles. The highest BCUT2D eigenvalue weighted by Gasteiger charge is 2.21. The number of aliphatic imine (C=N–C) groups is 1. The fourth-order valence-electron chi connectivity index (χ4n) is 2.75. The van der Waals surface area contributed by atoms with Gasteiger partial charge in [-0.2, -0.15) is 0 Å². The van der Waals surface area contributed by atoms with Crippen LogP contribution in [0.1, 0.15) is 21.5 Å². The number of piperazine rings is 1. The number of amides is 2. The van der Waals surface area contributed by atoms with Crippen LogP contribution in [0.5, 0.6) is 0 Å². The molecule has 2 aromatic rings. The third-order valence-electron chi connectivity index (χ3n) is 4.28. The smallest absolute Gasteiger partial charge is 0.254 e. The topological polar surface area (TPSA) is 99.8 Å². The number of hydrogen-bond acceptors (Lipinski definition) is 3. The van der Waals surface area contributed by atoms with Gasteiger partial charge in [0.15, 0.2) is 5.96 Å². The van der Waals surface area contributed by atoms with Crippen LogP contribution in [0, 0.1) is 6.92 Å². The van der Waals surface area contributed by atoms with Crippen molar-refractivity contribution in [3.05, 3.63) is 65.2 Å². The number of nitrogens with one attached hydrogen (secondary N) is 2. The van der Waals surface area contributed by atoms with Crippen LogP contribution in [0.4, 0.5) is 5.69 Å². The SMILES string of the molecule is Cc1ccc(NC(N)=NCc2ccc(C(=O)N3CCNC(=O)C3)cc2)cc1.I. The zero-order chi connectivity index (χ0) is 19.2. The minimum Gasteiger partial charge on any atom is -0.370 e. The summed E-state index contributed by atoms with van der Waals surface area (Å²) in [6.07, 6.45) is 0. The molecule has 0 atom stereocenters. The van der Waals surface area contributed by atoms with Gasteiger partial charge in [-0.1, -0.05) is 29.8 Å². The molecule has 4 N–H and O–H groups in total. The maximum Gasteiger partial charge on any atom is 0.254 e. The number of benzene rings is 2. The quantitative estimate of drug-likeness (QED) is 0.345. The third-order valence-corrected chi connectivity index (χ3v) is 4.28. The average molecular weight is 493 g/mol.